The second-order valence-electron chi connectivity index (χ2n) is 4.75. The van der Waals surface area contributed by atoms with Crippen molar-refractivity contribution in [1.29, 1.82) is 0 Å². The zero-order valence-electron chi connectivity index (χ0n) is 10.4. The predicted octanol–water partition coefficient (Wildman–Crippen LogP) is 0.678. The highest BCUT2D eigenvalue weighted by Crippen LogP contribution is 2.24. The Kier molecular flexibility index (Phi) is 2.87. The first-order valence-corrected chi connectivity index (χ1v) is 6.16. The maximum atomic E-state index is 12.3. The fourth-order valence-electron chi connectivity index (χ4n) is 2.35. The first-order valence-electron chi connectivity index (χ1n) is 6.16. The average Bonchev–Trinajstić information content (AvgIpc) is 3.03. The number of benzene rings is 1. The molecule has 1 aliphatic heterocycles. The molecule has 1 fully saturated rings. The maximum Gasteiger partial charge on any atom is 0.275 e. The number of β-amino-alcohol motifs (C(OH)–C–C–N with tert-alkyl or cyclic N) is 1. The highest BCUT2D eigenvalue weighted by Gasteiger charge is 2.28. The van der Waals surface area contributed by atoms with Crippen molar-refractivity contribution >= 4 is 22.5 Å². The van der Waals surface area contributed by atoms with Crippen LogP contribution in [0.5, 0.6) is 0 Å². The molecule has 0 unspecified atom stereocenters. The van der Waals surface area contributed by atoms with Crippen molar-refractivity contribution in [3.05, 3.63) is 34.0 Å². The van der Waals surface area contributed by atoms with Gasteiger partial charge >= 0.3 is 0 Å². The number of aliphatic hydroxyl groups excluding tert-OH is 1. The van der Waals surface area contributed by atoms with Crippen LogP contribution in [0.1, 0.15) is 16.9 Å². The summed E-state index contributed by atoms with van der Waals surface area (Å²) in [7, 11) is 0. The molecule has 2 aromatic rings. The minimum atomic E-state index is -0.515. The zero-order valence-corrected chi connectivity index (χ0v) is 10.4. The molecule has 1 atom stereocenters. The number of amides is 1. The minimum absolute atomic E-state index is 0.0885. The Balaban J connectivity index is 2.00. The van der Waals surface area contributed by atoms with E-state index in [4.69, 9.17) is 0 Å². The number of non-ortho nitro benzene ring substituents is 1. The van der Waals surface area contributed by atoms with Crippen LogP contribution in [-0.2, 0) is 0 Å². The molecule has 1 amide bonds. The maximum absolute atomic E-state index is 12.3. The number of nitro benzene ring substituents is 1. The van der Waals surface area contributed by atoms with Crippen LogP contribution in [0.3, 0.4) is 0 Å². The molecule has 20 heavy (non-hydrogen) atoms. The third kappa shape index (κ3) is 1.99. The molecule has 8 nitrogen and oxygen atoms in total. The summed E-state index contributed by atoms with van der Waals surface area (Å²) in [6, 6.07) is 4.21. The van der Waals surface area contributed by atoms with E-state index in [1.54, 1.807) is 0 Å². The lowest BCUT2D eigenvalue weighted by Crippen LogP contribution is -2.29. The van der Waals surface area contributed by atoms with Crippen LogP contribution in [0.4, 0.5) is 5.69 Å². The summed E-state index contributed by atoms with van der Waals surface area (Å²) >= 11 is 0. The van der Waals surface area contributed by atoms with Crippen molar-refractivity contribution in [1.82, 2.24) is 15.1 Å². The van der Waals surface area contributed by atoms with Gasteiger partial charge in [0.2, 0.25) is 0 Å². The number of aliphatic hydroxyl groups is 1. The molecular weight excluding hydrogens is 264 g/mol. The van der Waals surface area contributed by atoms with E-state index < -0.39 is 11.0 Å². The molecule has 0 bridgehead atoms. The summed E-state index contributed by atoms with van der Waals surface area (Å²) in [6.07, 6.45) is 0.0207. The van der Waals surface area contributed by atoms with E-state index in [-0.39, 0.29) is 23.8 Å². The summed E-state index contributed by atoms with van der Waals surface area (Å²) in [4.78, 5) is 24.1. The van der Waals surface area contributed by atoms with Gasteiger partial charge in [0.15, 0.2) is 5.69 Å². The van der Waals surface area contributed by atoms with Gasteiger partial charge in [-0.15, -0.1) is 0 Å². The number of likely N-dealkylation sites (tertiary alicyclic amines) is 1. The lowest BCUT2D eigenvalue weighted by Gasteiger charge is -2.13. The molecule has 1 aromatic carbocycles. The number of fused-ring (bicyclic) bond motifs is 1. The Labute approximate surface area is 113 Å². The molecule has 3 rings (SSSR count). The normalized spacial score (nSPS) is 18.6. The molecule has 0 radical (unpaired) electrons. The molecule has 1 aromatic heterocycles. The summed E-state index contributed by atoms with van der Waals surface area (Å²) < 4.78 is 0. The second kappa shape index (κ2) is 4.57. The van der Waals surface area contributed by atoms with Crippen LogP contribution in [-0.4, -0.2) is 50.2 Å². The molecule has 8 heteroatoms. The largest absolute Gasteiger partial charge is 0.391 e. The van der Waals surface area contributed by atoms with E-state index in [1.165, 1.54) is 23.1 Å². The van der Waals surface area contributed by atoms with Crippen molar-refractivity contribution in [3.8, 4) is 0 Å². The van der Waals surface area contributed by atoms with E-state index in [9.17, 15) is 20.0 Å². The summed E-state index contributed by atoms with van der Waals surface area (Å²) in [6.45, 7) is 0.728. The zero-order chi connectivity index (χ0) is 14.3. The van der Waals surface area contributed by atoms with Gasteiger partial charge in [0.25, 0.3) is 11.6 Å². The molecule has 0 aliphatic carbocycles. The number of carbonyl (C=O) groups excluding carboxylic acids is 1. The van der Waals surface area contributed by atoms with Crippen molar-refractivity contribution in [2.24, 2.45) is 0 Å². The van der Waals surface area contributed by atoms with Gasteiger partial charge in [0.1, 0.15) is 0 Å². The average molecular weight is 276 g/mol. The van der Waals surface area contributed by atoms with Crippen LogP contribution < -0.4 is 0 Å². The van der Waals surface area contributed by atoms with Gasteiger partial charge in [-0.1, -0.05) is 0 Å². The van der Waals surface area contributed by atoms with Gasteiger partial charge in [-0.05, 0) is 12.5 Å². The molecule has 104 valence electrons. The number of aromatic nitrogens is 2. The van der Waals surface area contributed by atoms with Crippen molar-refractivity contribution in [2.75, 3.05) is 13.1 Å². The van der Waals surface area contributed by atoms with E-state index in [1.807, 2.05) is 0 Å². The topological polar surface area (TPSA) is 112 Å². The van der Waals surface area contributed by atoms with E-state index in [0.29, 0.717) is 23.9 Å². The molecule has 2 heterocycles. The first-order chi connectivity index (χ1) is 9.56. The summed E-state index contributed by atoms with van der Waals surface area (Å²) in [5, 5.41) is 27.3. The number of rotatable bonds is 2. The Morgan fingerprint density at radius 3 is 3.00 bits per heavy atom. The first kappa shape index (κ1) is 12.5. The van der Waals surface area contributed by atoms with Gasteiger partial charge in [0.05, 0.1) is 16.5 Å². The van der Waals surface area contributed by atoms with Crippen LogP contribution in [0.15, 0.2) is 18.2 Å². The van der Waals surface area contributed by atoms with Crippen molar-refractivity contribution < 1.29 is 14.8 Å². The summed E-state index contributed by atoms with van der Waals surface area (Å²) in [5.74, 6) is -0.326. The lowest BCUT2D eigenvalue weighted by atomic mass is 10.2. The monoisotopic (exact) mass is 276 g/mol. The molecule has 0 saturated carbocycles. The number of H-pyrrole nitrogens is 1. The SMILES string of the molecule is O=C(c1n[nH]c2ccc([N+](=O)[O-])cc12)N1CC[C@@H](O)C1. The molecule has 1 aliphatic rings. The van der Waals surface area contributed by atoms with Crippen LogP contribution in [0.25, 0.3) is 10.9 Å². The lowest BCUT2D eigenvalue weighted by molar-refractivity contribution is -0.384. The quantitative estimate of drug-likeness (QED) is 0.618. The fourth-order valence-corrected chi connectivity index (χ4v) is 2.35. The highest BCUT2D eigenvalue weighted by molar-refractivity contribution is 6.05. The van der Waals surface area contributed by atoms with E-state index >= 15 is 0 Å². The third-order valence-electron chi connectivity index (χ3n) is 3.41. The predicted molar refractivity (Wildman–Crippen MR) is 69.3 cm³/mol. The number of hydrogen-bond acceptors (Lipinski definition) is 5. The van der Waals surface area contributed by atoms with Gasteiger partial charge in [-0.25, -0.2) is 0 Å². The smallest absolute Gasteiger partial charge is 0.275 e. The number of carbonyl (C=O) groups is 1. The van der Waals surface area contributed by atoms with E-state index in [0.717, 1.165) is 0 Å². The third-order valence-corrected chi connectivity index (χ3v) is 3.41. The number of nitrogens with zero attached hydrogens (tertiary/aromatic N) is 3. The fraction of sp³-hybridized carbons (Fsp3) is 0.333. The molecular formula is C12H12N4O4. The van der Waals surface area contributed by atoms with Crippen molar-refractivity contribution in [3.63, 3.8) is 0 Å². The highest BCUT2D eigenvalue weighted by atomic mass is 16.6. The Morgan fingerprint density at radius 2 is 2.35 bits per heavy atom. The van der Waals surface area contributed by atoms with Crippen LogP contribution in [0, 0.1) is 10.1 Å². The molecule has 1 saturated heterocycles. The van der Waals surface area contributed by atoms with Gasteiger partial charge in [0, 0.05) is 30.6 Å². The number of nitro groups is 1. The number of hydrogen-bond donors (Lipinski definition) is 2. The Hall–Kier alpha value is -2.48. The minimum Gasteiger partial charge on any atom is -0.391 e. The number of nitrogens with one attached hydrogen (secondary N) is 1. The second-order valence-corrected chi connectivity index (χ2v) is 4.75. The standard InChI is InChI=1S/C12H12N4O4/c17-8-3-4-15(6-8)12(18)11-9-5-7(16(19)20)1-2-10(9)13-14-11/h1-2,5,8,17H,3-4,6H2,(H,13,14)/t8-/m1/s1. The Bertz CT molecular complexity index is 696. The van der Waals surface area contributed by atoms with E-state index in [2.05, 4.69) is 10.2 Å². The van der Waals surface area contributed by atoms with Gasteiger partial charge in [-0.3, -0.25) is 20.0 Å². The molecule has 0 spiro atoms. The van der Waals surface area contributed by atoms with Gasteiger partial charge in [-0.2, -0.15) is 5.10 Å². The van der Waals surface area contributed by atoms with Crippen LogP contribution >= 0.6 is 0 Å². The summed E-state index contributed by atoms with van der Waals surface area (Å²) in [5.41, 5.74) is 0.630. The van der Waals surface area contributed by atoms with Crippen molar-refractivity contribution in [2.45, 2.75) is 12.5 Å². The number of aromatic amines is 1. The molecule has 2 N–H and O–H groups in total. The van der Waals surface area contributed by atoms with Gasteiger partial charge < -0.3 is 10.0 Å². The Morgan fingerprint density at radius 1 is 1.55 bits per heavy atom. The van der Waals surface area contributed by atoms with Crippen LogP contribution in [0.2, 0.25) is 0 Å².